The van der Waals surface area contributed by atoms with E-state index in [9.17, 15) is 4.79 Å². The van der Waals surface area contributed by atoms with E-state index >= 15 is 0 Å². The molecule has 1 amide bonds. The van der Waals surface area contributed by atoms with Crippen LogP contribution in [0.5, 0.6) is 0 Å². The Morgan fingerprint density at radius 1 is 1.21 bits per heavy atom. The van der Waals surface area contributed by atoms with E-state index in [1.807, 2.05) is 22.9 Å². The van der Waals surface area contributed by atoms with Crippen LogP contribution in [-0.2, 0) is 6.54 Å². The van der Waals surface area contributed by atoms with Gasteiger partial charge in [-0.05, 0) is 30.7 Å². The lowest BCUT2D eigenvalue weighted by Gasteiger charge is -2.12. The number of benzene rings is 1. The molecule has 0 saturated carbocycles. The number of hydrogen-bond donors (Lipinski definition) is 1. The Labute approximate surface area is 181 Å². The van der Waals surface area contributed by atoms with E-state index in [-0.39, 0.29) is 0 Å². The van der Waals surface area contributed by atoms with E-state index in [2.05, 4.69) is 9.97 Å². The van der Waals surface area contributed by atoms with Crippen LogP contribution in [0.3, 0.4) is 0 Å². The molecule has 0 unspecified atom stereocenters. The van der Waals surface area contributed by atoms with E-state index < -0.39 is 5.91 Å². The van der Waals surface area contributed by atoms with Crippen molar-refractivity contribution in [3.05, 3.63) is 75.1 Å². The third kappa shape index (κ3) is 3.89. The monoisotopic (exact) mass is 443 g/mol. The van der Waals surface area contributed by atoms with Crippen molar-refractivity contribution in [2.45, 2.75) is 13.5 Å². The first-order valence-corrected chi connectivity index (χ1v) is 10.2. The molecule has 0 aliphatic carbocycles. The van der Waals surface area contributed by atoms with Gasteiger partial charge in [0.2, 0.25) is 0 Å². The first-order chi connectivity index (χ1) is 13.9. The first-order valence-electron chi connectivity index (χ1n) is 8.60. The molecule has 0 radical (unpaired) electrons. The largest absolute Gasteiger partial charge is 0.366 e. The molecular formula is C20H15Cl2N5OS. The molecule has 1 aromatic carbocycles. The van der Waals surface area contributed by atoms with Gasteiger partial charge >= 0.3 is 0 Å². The Hall–Kier alpha value is -2.74. The number of hydrogen-bond acceptors (Lipinski definition) is 5. The number of nitrogens with two attached hydrogens (primary N) is 1. The smallest absolute Gasteiger partial charge is 0.250 e. The number of carbonyl (C=O) groups is 1. The number of amides is 1. The Morgan fingerprint density at radius 3 is 2.72 bits per heavy atom. The van der Waals surface area contributed by atoms with Gasteiger partial charge in [0.1, 0.15) is 10.7 Å². The SMILES string of the molecule is Cc1c(C(N)=O)cc(-c2csc(-c3cnccn3)n2)n1Cc1ccc(Cl)cc1Cl. The summed E-state index contributed by atoms with van der Waals surface area (Å²) in [4.78, 5) is 25.0. The van der Waals surface area contributed by atoms with E-state index in [0.29, 0.717) is 27.8 Å². The van der Waals surface area contributed by atoms with Gasteiger partial charge in [0.25, 0.3) is 5.91 Å². The Morgan fingerprint density at radius 2 is 2.03 bits per heavy atom. The molecule has 6 nitrogen and oxygen atoms in total. The average Bonchev–Trinajstić information content (AvgIpc) is 3.30. The third-order valence-electron chi connectivity index (χ3n) is 4.52. The van der Waals surface area contributed by atoms with Crippen molar-refractivity contribution in [2.24, 2.45) is 5.73 Å². The van der Waals surface area contributed by atoms with Gasteiger partial charge in [-0.25, -0.2) is 4.98 Å². The highest BCUT2D eigenvalue weighted by Crippen LogP contribution is 2.32. The van der Waals surface area contributed by atoms with Gasteiger partial charge in [-0.2, -0.15) is 0 Å². The maximum atomic E-state index is 11.9. The van der Waals surface area contributed by atoms with Crippen molar-refractivity contribution in [1.82, 2.24) is 19.5 Å². The summed E-state index contributed by atoms with van der Waals surface area (Å²) in [7, 11) is 0. The topological polar surface area (TPSA) is 86.7 Å². The van der Waals surface area contributed by atoms with Gasteiger partial charge in [0.05, 0.1) is 23.1 Å². The normalized spacial score (nSPS) is 11.0. The van der Waals surface area contributed by atoms with Crippen molar-refractivity contribution in [3.63, 3.8) is 0 Å². The highest BCUT2D eigenvalue weighted by atomic mass is 35.5. The quantitative estimate of drug-likeness (QED) is 0.478. The fraction of sp³-hybridized carbons (Fsp3) is 0.100. The van der Waals surface area contributed by atoms with Crippen LogP contribution in [0.25, 0.3) is 22.1 Å². The molecule has 0 fully saturated rings. The second-order valence-corrected chi connectivity index (χ2v) is 8.05. The van der Waals surface area contributed by atoms with Crippen molar-refractivity contribution in [2.75, 3.05) is 0 Å². The van der Waals surface area contributed by atoms with Gasteiger partial charge in [-0.15, -0.1) is 11.3 Å². The summed E-state index contributed by atoms with van der Waals surface area (Å²) in [6.07, 6.45) is 4.90. The fourth-order valence-electron chi connectivity index (χ4n) is 3.05. The maximum absolute atomic E-state index is 11.9. The molecule has 3 heterocycles. The summed E-state index contributed by atoms with van der Waals surface area (Å²) in [6.45, 7) is 2.30. The molecule has 29 heavy (non-hydrogen) atoms. The van der Waals surface area contributed by atoms with Gasteiger partial charge in [-0.1, -0.05) is 29.3 Å². The van der Waals surface area contributed by atoms with Crippen LogP contribution in [0.2, 0.25) is 10.0 Å². The number of carbonyl (C=O) groups excluding carboxylic acids is 1. The van der Waals surface area contributed by atoms with Gasteiger partial charge in [0.15, 0.2) is 0 Å². The van der Waals surface area contributed by atoms with Crippen molar-refractivity contribution in [1.29, 1.82) is 0 Å². The highest BCUT2D eigenvalue weighted by Gasteiger charge is 2.20. The molecule has 0 saturated heterocycles. The number of aromatic nitrogens is 4. The molecule has 0 aliphatic rings. The van der Waals surface area contributed by atoms with Gasteiger partial charge in [0, 0.05) is 40.1 Å². The molecule has 4 rings (SSSR count). The van der Waals surface area contributed by atoms with E-state index in [1.165, 1.54) is 11.3 Å². The summed E-state index contributed by atoms with van der Waals surface area (Å²) in [5, 5.41) is 3.78. The lowest BCUT2D eigenvalue weighted by molar-refractivity contribution is 0.0999. The first kappa shape index (κ1) is 19.6. The second-order valence-electron chi connectivity index (χ2n) is 6.34. The summed E-state index contributed by atoms with van der Waals surface area (Å²) in [5.41, 5.74) is 9.82. The zero-order valence-corrected chi connectivity index (χ0v) is 17.6. The molecule has 0 bridgehead atoms. The minimum absolute atomic E-state index is 0.444. The molecular weight excluding hydrogens is 429 g/mol. The molecule has 9 heteroatoms. The van der Waals surface area contributed by atoms with E-state index in [4.69, 9.17) is 33.9 Å². The Balaban J connectivity index is 1.80. The zero-order valence-electron chi connectivity index (χ0n) is 15.3. The van der Waals surface area contributed by atoms with E-state index in [1.54, 1.807) is 36.8 Å². The second kappa shape index (κ2) is 7.94. The zero-order chi connectivity index (χ0) is 20.5. The standard InChI is InChI=1S/C20H15Cl2N5OS/c1-11-14(19(23)28)7-18(27(11)9-12-2-3-13(21)6-15(12)22)17-10-29-20(26-17)16-8-24-4-5-25-16/h2-8,10H,9H2,1H3,(H2,23,28). The van der Waals surface area contributed by atoms with Crippen LogP contribution < -0.4 is 5.73 Å². The Bertz CT molecular complexity index is 1200. The molecule has 0 aliphatic heterocycles. The van der Waals surface area contributed by atoms with Crippen LogP contribution in [-0.4, -0.2) is 25.4 Å². The number of halogens is 2. The maximum Gasteiger partial charge on any atom is 0.250 e. The van der Waals surface area contributed by atoms with Crippen molar-refractivity contribution < 1.29 is 4.79 Å². The van der Waals surface area contributed by atoms with Crippen molar-refractivity contribution >= 4 is 40.4 Å². The molecule has 0 atom stereocenters. The molecule has 4 aromatic rings. The molecule has 3 aromatic heterocycles. The summed E-state index contributed by atoms with van der Waals surface area (Å²) in [5.74, 6) is -0.492. The Kier molecular flexibility index (Phi) is 5.36. The third-order valence-corrected chi connectivity index (χ3v) is 5.98. The fourth-order valence-corrected chi connectivity index (χ4v) is 4.29. The predicted octanol–water partition coefficient (Wildman–Crippen LogP) is 4.83. The molecule has 146 valence electrons. The summed E-state index contributed by atoms with van der Waals surface area (Å²) in [6, 6.07) is 7.10. The number of nitrogens with zero attached hydrogens (tertiary/aromatic N) is 4. The number of rotatable bonds is 5. The predicted molar refractivity (Wildman–Crippen MR) is 115 cm³/mol. The number of thiazole rings is 1. The van der Waals surface area contributed by atoms with Gasteiger partial charge in [-0.3, -0.25) is 14.8 Å². The lowest BCUT2D eigenvalue weighted by Crippen LogP contribution is -2.13. The van der Waals surface area contributed by atoms with Crippen LogP contribution in [0, 0.1) is 6.92 Å². The van der Waals surface area contributed by atoms with E-state index in [0.717, 1.165) is 27.7 Å². The minimum atomic E-state index is -0.492. The van der Waals surface area contributed by atoms with Crippen LogP contribution in [0.1, 0.15) is 21.6 Å². The highest BCUT2D eigenvalue weighted by molar-refractivity contribution is 7.13. The van der Waals surface area contributed by atoms with Crippen molar-refractivity contribution in [3.8, 4) is 22.1 Å². The summed E-state index contributed by atoms with van der Waals surface area (Å²) >= 11 is 13.8. The summed E-state index contributed by atoms with van der Waals surface area (Å²) < 4.78 is 1.98. The molecule has 2 N–H and O–H groups in total. The van der Waals surface area contributed by atoms with Crippen LogP contribution >= 0.6 is 34.5 Å². The van der Waals surface area contributed by atoms with Crippen LogP contribution in [0.4, 0.5) is 0 Å². The molecule has 0 spiro atoms. The lowest BCUT2D eigenvalue weighted by atomic mass is 10.2. The minimum Gasteiger partial charge on any atom is -0.366 e. The van der Waals surface area contributed by atoms with Gasteiger partial charge < -0.3 is 10.3 Å². The number of primary amides is 1. The van der Waals surface area contributed by atoms with Crippen LogP contribution in [0.15, 0.2) is 48.2 Å². The average molecular weight is 444 g/mol.